The van der Waals surface area contributed by atoms with Gasteiger partial charge in [-0.2, -0.15) is 0 Å². The molecule has 1 N–H and O–H groups in total. The molecule has 0 unspecified atom stereocenters. The largest absolute Gasteiger partial charge is 0.380 e. The van der Waals surface area contributed by atoms with Gasteiger partial charge in [-0.1, -0.05) is 35.1 Å². The first kappa shape index (κ1) is 15.0. The van der Waals surface area contributed by atoms with Crippen molar-refractivity contribution in [1.29, 1.82) is 0 Å². The van der Waals surface area contributed by atoms with Gasteiger partial charge < -0.3 is 4.74 Å². The normalized spacial score (nSPS) is 10.8. The first-order chi connectivity index (χ1) is 10.7. The fourth-order valence-electron chi connectivity index (χ4n) is 2.09. The monoisotopic (exact) mass is 332 g/mol. The molecule has 0 spiro atoms. The molecule has 0 aliphatic carbocycles. The van der Waals surface area contributed by atoms with E-state index < -0.39 is 0 Å². The molecule has 3 aromatic rings. The second-order valence-corrected chi connectivity index (χ2v) is 6.19. The Hall–Kier alpha value is -1.95. The zero-order valence-electron chi connectivity index (χ0n) is 11.8. The number of carbonyl (C=O) groups is 1. The molecular formula is C16H13ClN2O2S. The molecule has 0 aliphatic heterocycles. The van der Waals surface area contributed by atoms with Crippen LogP contribution in [0, 0.1) is 0 Å². The second-order valence-electron chi connectivity index (χ2n) is 4.72. The lowest BCUT2D eigenvalue weighted by Crippen LogP contribution is -2.11. The molecule has 0 saturated carbocycles. The Morgan fingerprint density at radius 1 is 1.32 bits per heavy atom. The average Bonchev–Trinajstić information content (AvgIpc) is 2.89. The number of hydrogen-bond donors (Lipinski definition) is 1. The SMILES string of the molecule is COCc1cccc(C(=O)Nc2nc3ccc(Cl)cc3s2)c1. The first-order valence-corrected chi connectivity index (χ1v) is 7.80. The summed E-state index contributed by atoms with van der Waals surface area (Å²) in [4.78, 5) is 16.7. The molecule has 4 nitrogen and oxygen atoms in total. The minimum atomic E-state index is -0.192. The number of rotatable bonds is 4. The molecule has 1 heterocycles. The van der Waals surface area contributed by atoms with Gasteiger partial charge >= 0.3 is 0 Å². The molecule has 6 heteroatoms. The summed E-state index contributed by atoms with van der Waals surface area (Å²) in [6, 6.07) is 12.8. The van der Waals surface area contributed by atoms with Crippen molar-refractivity contribution in [3.63, 3.8) is 0 Å². The van der Waals surface area contributed by atoms with Crippen LogP contribution in [0.5, 0.6) is 0 Å². The van der Waals surface area contributed by atoms with Crippen molar-refractivity contribution in [2.45, 2.75) is 6.61 Å². The summed E-state index contributed by atoms with van der Waals surface area (Å²) in [5, 5.41) is 4.03. The number of ether oxygens (including phenoxy) is 1. The van der Waals surface area contributed by atoms with Crippen molar-refractivity contribution in [3.05, 3.63) is 58.6 Å². The third kappa shape index (κ3) is 3.27. The van der Waals surface area contributed by atoms with Crippen LogP contribution in [0.1, 0.15) is 15.9 Å². The lowest BCUT2D eigenvalue weighted by molar-refractivity contribution is 0.102. The van der Waals surface area contributed by atoms with Gasteiger partial charge in [0.2, 0.25) is 0 Å². The number of benzene rings is 2. The van der Waals surface area contributed by atoms with Gasteiger partial charge in [0.05, 0.1) is 16.8 Å². The first-order valence-electron chi connectivity index (χ1n) is 6.61. The van der Waals surface area contributed by atoms with Gasteiger partial charge in [-0.25, -0.2) is 4.98 Å². The van der Waals surface area contributed by atoms with Crippen molar-refractivity contribution in [2.75, 3.05) is 12.4 Å². The van der Waals surface area contributed by atoms with Crippen LogP contribution in [0.25, 0.3) is 10.2 Å². The molecule has 0 bridgehead atoms. The summed E-state index contributed by atoms with van der Waals surface area (Å²) >= 11 is 7.35. The number of nitrogens with zero attached hydrogens (tertiary/aromatic N) is 1. The van der Waals surface area contributed by atoms with Crippen molar-refractivity contribution in [3.8, 4) is 0 Å². The van der Waals surface area contributed by atoms with E-state index in [1.54, 1.807) is 19.2 Å². The Labute approximate surface area is 136 Å². The highest BCUT2D eigenvalue weighted by atomic mass is 35.5. The topological polar surface area (TPSA) is 51.2 Å². The van der Waals surface area contributed by atoms with E-state index in [-0.39, 0.29) is 5.91 Å². The van der Waals surface area contributed by atoms with Crippen molar-refractivity contribution in [2.24, 2.45) is 0 Å². The molecule has 0 fully saturated rings. The summed E-state index contributed by atoms with van der Waals surface area (Å²) < 4.78 is 6.02. The Bertz CT molecular complexity index is 832. The molecule has 1 amide bonds. The highest BCUT2D eigenvalue weighted by Gasteiger charge is 2.10. The van der Waals surface area contributed by atoms with E-state index in [1.165, 1.54) is 11.3 Å². The summed E-state index contributed by atoms with van der Waals surface area (Å²) in [6.07, 6.45) is 0. The molecule has 112 valence electrons. The number of anilines is 1. The summed E-state index contributed by atoms with van der Waals surface area (Å²) in [7, 11) is 1.62. The number of methoxy groups -OCH3 is 1. The van der Waals surface area contributed by atoms with Crippen LogP contribution in [0.2, 0.25) is 5.02 Å². The van der Waals surface area contributed by atoms with E-state index in [4.69, 9.17) is 16.3 Å². The average molecular weight is 333 g/mol. The second kappa shape index (κ2) is 6.44. The minimum Gasteiger partial charge on any atom is -0.380 e. The highest BCUT2D eigenvalue weighted by Crippen LogP contribution is 2.28. The molecule has 0 radical (unpaired) electrons. The molecular weight excluding hydrogens is 320 g/mol. The zero-order valence-corrected chi connectivity index (χ0v) is 13.4. The Morgan fingerprint density at radius 3 is 3.00 bits per heavy atom. The van der Waals surface area contributed by atoms with Crippen LogP contribution in [-0.4, -0.2) is 18.0 Å². The molecule has 0 saturated heterocycles. The molecule has 0 atom stereocenters. The maximum atomic E-state index is 12.3. The lowest BCUT2D eigenvalue weighted by Gasteiger charge is -2.04. The van der Waals surface area contributed by atoms with E-state index in [0.29, 0.717) is 22.3 Å². The van der Waals surface area contributed by atoms with Gasteiger partial charge in [0.15, 0.2) is 5.13 Å². The van der Waals surface area contributed by atoms with Crippen LogP contribution in [-0.2, 0) is 11.3 Å². The van der Waals surface area contributed by atoms with Gasteiger partial charge in [0.1, 0.15) is 0 Å². The van der Waals surface area contributed by atoms with Gasteiger partial charge in [0, 0.05) is 17.7 Å². The molecule has 3 rings (SSSR count). The van der Waals surface area contributed by atoms with Crippen LogP contribution in [0.4, 0.5) is 5.13 Å². The van der Waals surface area contributed by atoms with Gasteiger partial charge in [-0.3, -0.25) is 10.1 Å². The van der Waals surface area contributed by atoms with E-state index in [2.05, 4.69) is 10.3 Å². The molecule has 1 aromatic heterocycles. The maximum absolute atomic E-state index is 12.3. The van der Waals surface area contributed by atoms with Crippen molar-refractivity contribution >= 4 is 44.2 Å². The van der Waals surface area contributed by atoms with Crippen LogP contribution in [0.15, 0.2) is 42.5 Å². The number of thiazole rings is 1. The predicted octanol–water partition coefficient (Wildman–Crippen LogP) is 4.35. The Morgan fingerprint density at radius 2 is 2.18 bits per heavy atom. The van der Waals surface area contributed by atoms with Crippen LogP contribution in [0.3, 0.4) is 0 Å². The third-order valence-electron chi connectivity index (χ3n) is 3.07. The number of hydrogen-bond acceptors (Lipinski definition) is 4. The maximum Gasteiger partial charge on any atom is 0.257 e. The highest BCUT2D eigenvalue weighted by molar-refractivity contribution is 7.22. The summed E-state index contributed by atoms with van der Waals surface area (Å²) in [5.74, 6) is -0.192. The molecule has 2 aromatic carbocycles. The number of nitrogens with one attached hydrogen (secondary N) is 1. The summed E-state index contributed by atoms with van der Waals surface area (Å²) in [6.45, 7) is 0.473. The van der Waals surface area contributed by atoms with Gasteiger partial charge in [0.25, 0.3) is 5.91 Å². The lowest BCUT2D eigenvalue weighted by atomic mass is 10.1. The summed E-state index contributed by atoms with van der Waals surface area (Å²) in [5.41, 5.74) is 2.34. The van der Waals surface area contributed by atoms with Crippen molar-refractivity contribution in [1.82, 2.24) is 4.98 Å². The quantitative estimate of drug-likeness (QED) is 0.772. The molecule has 22 heavy (non-hydrogen) atoms. The minimum absolute atomic E-state index is 0.192. The predicted molar refractivity (Wildman–Crippen MR) is 89.7 cm³/mol. The van der Waals surface area contributed by atoms with Gasteiger partial charge in [-0.15, -0.1) is 0 Å². The number of amides is 1. The number of aromatic nitrogens is 1. The van der Waals surface area contributed by atoms with E-state index in [9.17, 15) is 4.79 Å². The van der Waals surface area contributed by atoms with Crippen molar-refractivity contribution < 1.29 is 9.53 Å². The third-order valence-corrected chi connectivity index (χ3v) is 4.24. The fraction of sp³-hybridized carbons (Fsp3) is 0.125. The van der Waals surface area contributed by atoms with Crippen LogP contribution >= 0.6 is 22.9 Å². The van der Waals surface area contributed by atoms with E-state index in [1.807, 2.05) is 30.3 Å². The number of carbonyl (C=O) groups excluding carboxylic acids is 1. The van der Waals surface area contributed by atoms with Crippen LogP contribution < -0.4 is 5.32 Å². The smallest absolute Gasteiger partial charge is 0.257 e. The number of halogens is 1. The van der Waals surface area contributed by atoms with Gasteiger partial charge in [-0.05, 0) is 35.9 Å². The Balaban J connectivity index is 1.81. The van der Waals surface area contributed by atoms with E-state index in [0.717, 1.165) is 15.8 Å². The zero-order chi connectivity index (χ0) is 15.5. The number of fused-ring (bicyclic) bond motifs is 1. The molecule has 0 aliphatic rings. The Kier molecular flexibility index (Phi) is 4.38. The fourth-order valence-corrected chi connectivity index (χ4v) is 3.23. The standard InChI is InChI=1S/C16H13ClN2O2S/c1-21-9-10-3-2-4-11(7-10)15(20)19-16-18-13-6-5-12(17)8-14(13)22-16/h2-8H,9H2,1H3,(H,18,19,20). The van der Waals surface area contributed by atoms with E-state index >= 15 is 0 Å².